The van der Waals surface area contributed by atoms with Gasteiger partial charge in [-0.3, -0.25) is 0 Å². The Bertz CT molecular complexity index is 1660. The second kappa shape index (κ2) is 14.0. The Morgan fingerprint density at radius 3 is 2.50 bits per heavy atom. The summed E-state index contributed by atoms with van der Waals surface area (Å²) in [4.78, 5) is 23.0. The maximum absolute atomic E-state index is 6.10. The number of hydrogen-bond acceptors (Lipinski definition) is 11. The van der Waals surface area contributed by atoms with Gasteiger partial charge in [0, 0.05) is 56.7 Å². The van der Waals surface area contributed by atoms with E-state index < -0.39 is 0 Å². The molecule has 1 saturated heterocycles. The van der Waals surface area contributed by atoms with E-state index in [1.165, 1.54) is 0 Å². The fourth-order valence-corrected chi connectivity index (χ4v) is 4.94. The van der Waals surface area contributed by atoms with E-state index in [0.717, 1.165) is 79.5 Å². The molecule has 224 valence electrons. The number of nitrogens with zero attached hydrogens (tertiary/aromatic N) is 8. The fourth-order valence-electron chi connectivity index (χ4n) is 4.94. The predicted molar refractivity (Wildman–Crippen MR) is 172 cm³/mol. The summed E-state index contributed by atoms with van der Waals surface area (Å²) < 4.78 is 6.10. The molecule has 0 atom stereocenters. The standard InChI is InChI=1S/C33H36N10O/c1-24-22-29(25-8-4-3-5-9-25)40-41-31(24)38-26-11-12-30(37-23-26)44-32-27(10-6-14-34-32)28-13-16-36-33(39-28)35-15-7-17-43-20-18-42(2)19-21-43/h3-6,8-14,16,22-23H,7,15,17-21H2,1-2H3,(H,38,41)(H,35,36,39). The molecule has 0 spiro atoms. The number of anilines is 3. The highest BCUT2D eigenvalue weighted by molar-refractivity contribution is 5.66. The Balaban J connectivity index is 1.07. The van der Waals surface area contributed by atoms with E-state index in [9.17, 15) is 0 Å². The zero-order valence-corrected chi connectivity index (χ0v) is 25.0. The van der Waals surface area contributed by atoms with Crippen molar-refractivity contribution < 1.29 is 4.74 Å². The van der Waals surface area contributed by atoms with E-state index >= 15 is 0 Å². The van der Waals surface area contributed by atoms with Crippen LogP contribution in [-0.2, 0) is 0 Å². The number of nitrogens with one attached hydrogen (secondary N) is 2. The van der Waals surface area contributed by atoms with Gasteiger partial charge in [-0.15, -0.1) is 10.2 Å². The highest BCUT2D eigenvalue weighted by atomic mass is 16.5. The third-order valence-corrected chi connectivity index (χ3v) is 7.49. The number of hydrogen-bond donors (Lipinski definition) is 2. The van der Waals surface area contributed by atoms with Gasteiger partial charge in [-0.05, 0) is 62.8 Å². The zero-order chi connectivity index (χ0) is 30.1. The van der Waals surface area contributed by atoms with Gasteiger partial charge in [0.15, 0.2) is 5.82 Å². The molecule has 11 heteroatoms. The van der Waals surface area contributed by atoms with Crippen molar-refractivity contribution >= 4 is 17.5 Å². The lowest BCUT2D eigenvalue weighted by atomic mass is 10.1. The molecule has 1 aliphatic rings. The Hall–Kier alpha value is -5.00. The van der Waals surface area contributed by atoms with Gasteiger partial charge in [-0.2, -0.15) is 0 Å². The van der Waals surface area contributed by atoms with Crippen molar-refractivity contribution in [2.24, 2.45) is 0 Å². The lowest BCUT2D eigenvalue weighted by Gasteiger charge is -2.32. The van der Waals surface area contributed by atoms with Gasteiger partial charge in [0.1, 0.15) is 0 Å². The lowest BCUT2D eigenvalue weighted by molar-refractivity contribution is 0.154. The average molecular weight is 589 g/mol. The van der Waals surface area contributed by atoms with E-state index in [4.69, 9.17) is 9.72 Å². The Morgan fingerprint density at radius 2 is 1.70 bits per heavy atom. The maximum Gasteiger partial charge on any atom is 0.230 e. The first-order valence-electron chi connectivity index (χ1n) is 14.8. The summed E-state index contributed by atoms with van der Waals surface area (Å²) in [6.07, 6.45) is 6.16. The quantitative estimate of drug-likeness (QED) is 0.196. The van der Waals surface area contributed by atoms with Crippen LogP contribution in [0, 0.1) is 6.92 Å². The lowest BCUT2D eigenvalue weighted by Crippen LogP contribution is -2.44. The summed E-state index contributed by atoms with van der Waals surface area (Å²) in [6.45, 7) is 8.37. The molecule has 0 bridgehead atoms. The smallest absolute Gasteiger partial charge is 0.230 e. The first-order valence-corrected chi connectivity index (χ1v) is 14.8. The number of benzene rings is 1. The fraction of sp³-hybridized carbons (Fsp3) is 0.273. The van der Waals surface area contributed by atoms with Gasteiger partial charge in [-0.1, -0.05) is 30.3 Å². The summed E-state index contributed by atoms with van der Waals surface area (Å²) in [5, 5.41) is 15.4. The Labute approximate surface area is 257 Å². The van der Waals surface area contributed by atoms with Crippen molar-refractivity contribution in [3.63, 3.8) is 0 Å². The molecule has 0 aliphatic carbocycles. The summed E-state index contributed by atoms with van der Waals surface area (Å²) >= 11 is 0. The van der Waals surface area contributed by atoms with Gasteiger partial charge in [-0.25, -0.2) is 19.9 Å². The third-order valence-electron chi connectivity index (χ3n) is 7.49. The van der Waals surface area contributed by atoms with E-state index in [1.807, 2.05) is 67.6 Å². The molecular weight excluding hydrogens is 552 g/mol. The maximum atomic E-state index is 6.10. The van der Waals surface area contributed by atoms with Crippen LogP contribution in [0.15, 0.2) is 85.3 Å². The number of aromatic nitrogens is 6. The molecule has 5 aromatic rings. The topological polar surface area (TPSA) is 117 Å². The summed E-state index contributed by atoms with van der Waals surface area (Å²) in [7, 11) is 2.18. The molecule has 0 saturated carbocycles. The van der Waals surface area contributed by atoms with E-state index in [0.29, 0.717) is 23.5 Å². The van der Waals surface area contributed by atoms with Crippen LogP contribution >= 0.6 is 0 Å². The number of piperazine rings is 1. The predicted octanol–water partition coefficient (Wildman–Crippen LogP) is 5.28. The summed E-state index contributed by atoms with van der Waals surface area (Å²) in [6, 6.07) is 21.3. The molecule has 1 aromatic carbocycles. The molecule has 0 amide bonds. The highest BCUT2D eigenvalue weighted by Gasteiger charge is 2.14. The number of rotatable bonds is 11. The molecule has 0 radical (unpaired) electrons. The van der Waals surface area contributed by atoms with Crippen molar-refractivity contribution in [2.75, 3.05) is 56.9 Å². The molecule has 11 nitrogen and oxygen atoms in total. The van der Waals surface area contributed by atoms with Crippen LogP contribution in [0.25, 0.3) is 22.5 Å². The number of aryl methyl sites for hydroxylation is 1. The second-order valence-corrected chi connectivity index (χ2v) is 10.8. The van der Waals surface area contributed by atoms with Crippen LogP contribution in [0.1, 0.15) is 12.0 Å². The second-order valence-electron chi connectivity index (χ2n) is 10.8. The van der Waals surface area contributed by atoms with Crippen LogP contribution in [-0.4, -0.2) is 86.2 Å². The van der Waals surface area contributed by atoms with Crippen molar-refractivity contribution in [2.45, 2.75) is 13.3 Å². The van der Waals surface area contributed by atoms with Crippen LogP contribution in [0.4, 0.5) is 17.5 Å². The third kappa shape index (κ3) is 7.49. The minimum absolute atomic E-state index is 0.411. The van der Waals surface area contributed by atoms with E-state index in [2.05, 4.69) is 52.6 Å². The molecule has 4 aromatic heterocycles. The van der Waals surface area contributed by atoms with Crippen molar-refractivity contribution in [3.05, 3.63) is 90.9 Å². The first-order chi connectivity index (χ1) is 21.6. The van der Waals surface area contributed by atoms with Gasteiger partial charge in [0.25, 0.3) is 0 Å². The Kier molecular flexibility index (Phi) is 9.24. The molecule has 1 fully saturated rings. The highest BCUT2D eigenvalue weighted by Crippen LogP contribution is 2.30. The van der Waals surface area contributed by atoms with Gasteiger partial charge >= 0.3 is 0 Å². The molecule has 6 rings (SSSR count). The molecule has 2 N–H and O–H groups in total. The molecule has 5 heterocycles. The molecule has 1 aliphatic heterocycles. The van der Waals surface area contributed by atoms with Crippen LogP contribution in [0.2, 0.25) is 0 Å². The van der Waals surface area contributed by atoms with E-state index in [-0.39, 0.29) is 0 Å². The normalized spacial score (nSPS) is 13.9. The zero-order valence-electron chi connectivity index (χ0n) is 25.0. The van der Waals surface area contributed by atoms with E-state index in [1.54, 1.807) is 24.7 Å². The van der Waals surface area contributed by atoms with Crippen molar-refractivity contribution in [3.8, 4) is 34.3 Å². The average Bonchev–Trinajstić information content (AvgIpc) is 3.06. The molecular formula is C33H36N10O. The molecule has 44 heavy (non-hydrogen) atoms. The number of ether oxygens (including phenoxy) is 1. The largest absolute Gasteiger partial charge is 0.420 e. The minimum Gasteiger partial charge on any atom is -0.420 e. The minimum atomic E-state index is 0.411. The molecule has 0 unspecified atom stereocenters. The number of pyridine rings is 2. The van der Waals surface area contributed by atoms with Gasteiger partial charge in [0.05, 0.1) is 28.8 Å². The summed E-state index contributed by atoms with van der Waals surface area (Å²) in [5.41, 5.74) is 5.07. The van der Waals surface area contributed by atoms with Crippen molar-refractivity contribution in [1.82, 2.24) is 39.9 Å². The monoisotopic (exact) mass is 588 g/mol. The number of likely N-dealkylation sites (N-methyl/N-ethyl adjacent to an activating group) is 1. The van der Waals surface area contributed by atoms with Gasteiger partial charge < -0.3 is 25.2 Å². The summed E-state index contributed by atoms with van der Waals surface area (Å²) in [5.74, 6) is 2.08. The van der Waals surface area contributed by atoms with Crippen LogP contribution < -0.4 is 15.4 Å². The SMILES string of the molecule is Cc1cc(-c2ccccc2)nnc1Nc1ccc(Oc2ncccc2-c2ccnc(NCCCN3CCN(C)CC3)n2)nc1. The Morgan fingerprint density at radius 1 is 0.841 bits per heavy atom. The van der Waals surface area contributed by atoms with Crippen molar-refractivity contribution in [1.29, 1.82) is 0 Å². The van der Waals surface area contributed by atoms with Gasteiger partial charge in [0.2, 0.25) is 17.7 Å². The van der Waals surface area contributed by atoms with Crippen LogP contribution in [0.5, 0.6) is 11.8 Å². The van der Waals surface area contributed by atoms with Crippen LogP contribution in [0.3, 0.4) is 0 Å². The first kappa shape index (κ1) is 29.1.